The van der Waals surface area contributed by atoms with Crippen LogP contribution in [0.3, 0.4) is 0 Å². The molecule has 0 aliphatic heterocycles. The molecule has 0 spiro atoms. The minimum atomic E-state index is -0.234. The molecule has 0 aromatic heterocycles. The Balaban J connectivity index is 2.07. The fourth-order valence-corrected chi connectivity index (χ4v) is 3.39. The molecule has 2 aromatic carbocycles. The molecule has 0 saturated heterocycles. The Morgan fingerprint density at radius 2 is 2.00 bits per heavy atom. The highest BCUT2D eigenvalue weighted by Gasteiger charge is 2.11. The molecule has 2 aromatic rings. The van der Waals surface area contributed by atoms with Gasteiger partial charge < -0.3 is 5.73 Å². The lowest BCUT2D eigenvalue weighted by atomic mass is 10.0. The highest BCUT2D eigenvalue weighted by Crippen LogP contribution is 2.30. The molecule has 4 heteroatoms. The number of hydrogen-bond donors (Lipinski definition) is 1. The lowest BCUT2D eigenvalue weighted by Gasteiger charge is -2.15. The molecule has 2 rings (SSSR count). The van der Waals surface area contributed by atoms with Crippen LogP contribution in [0.1, 0.15) is 17.2 Å². The van der Waals surface area contributed by atoms with Gasteiger partial charge in [0, 0.05) is 21.2 Å². The Kier molecular flexibility index (Phi) is 5.02. The summed E-state index contributed by atoms with van der Waals surface area (Å²) in [4.78, 5) is 1.15. The van der Waals surface area contributed by atoms with Gasteiger partial charge in [-0.2, -0.15) is 0 Å². The zero-order valence-corrected chi connectivity index (χ0v) is 13.0. The number of aryl methyl sites for hydroxylation is 1. The third kappa shape index (κ3) is 3.81. The van der Waals surface area contributed by atoms with E-state index in [-0.39, 0.29) is 11.9 Å². The molecule has 0 amide bonds. The minimum Gasteiger partial charge on any atom is -0.323 e. The number of thioether (sulfide) groups is 1. The fourth-order valence-electron chi connectivity index (χ4n) is 1.84. The van der Waals surface area contributed by atoms with Crippen LogP contribution in [-0.4, -0.2) is 5.75 Å². The Morgan fingerprint density at radius 3 is 2.74 bits per heavy atom. The minimum absolute atomic E-state index is 0.173. The van der Waals surface area contributed by atoms with Gasteiger partial charge in [-0.1, -0.05) is 18.2 Å². The summed E-state index contributed by atoms with van der Waals surface area (Å²) in [6.07, 6.45) is 0. The van der Waals surface area contributed by atoms with E-state index >= 15 is 0 Å². The molecule has 1 nitrogen and oxygen atoms in total. The van der Waals surface area contributed by atoms with E-state index in [1.165, 1.54) is 12.1 Å². The summed E-state index contributed by atoms with van der Waals surface area (Å²) >= 11 is 5.18. The van der Waals surface area contributed by atoms with Crippen molar-refractivity contribution in [3.05, 3.63) is 63.9 Å². The summed E-state index contributed by atoms with van der Waals surface area (Å²) in [5.41, 5.74) is 8.06. The smallest absolute Gasteiger partial charge is 0.123 e. The van der Waals surface area contributed by atoms with Gasteiger partial charge in [0.2, 0.25) is 0 Å². The largest absolute Gasteiger partial charge is 0.323 e. The van der Waals surface area contributed by atoms with E-state index in [1.807, 2.05) is 31.2 Å². The highest BCUT2D eigenvalue weighted by atomic mass is 79.9. The third-order valence-electron chi connectivity index (χ3n) is 2.90. The van der Waals surface area contributed by atoms with Crippen LogP contribution in [0, 0.1) is 12.7 Å². The van der Waals surface area contributed by atoms with Crippen LogP contribution in [0.4, 0.5) is 4.39 Å². The third-order valence-corrected chi connectivity index (χ3v) is 5.04. The van der Waals surface area contributed by atoms with Crippen LogP contribution < -0.4 is 5.73 Å². The van der Waals surface area contributed by atoms with Gasteiger partial charge in [-0.15, -0.1) is 11.8 Å². The predicted molar refractivity (Wildman–Crippen MR) is 82.9 cm³/mol. The van der Waals surface area contributed by atoms with E-state index in [2.05, 4.69) is 15.9 Å². The summed E-state index contributed by atoms with van der Waals surface area (Å²) in [5.74, 6) is 0.481. The van der Waals surface area contributed by atoms with Crippen LogP contribution in [0.2, 0.25) is 0 Å². The quantitative estimate of drug-likeness (QED) is 0.817. The number of benzene rings is 2. The Labute approximate surface area is 125 Å². The van der Waals surface area contributed by atoms with Gasteiger partial charge >= 0.3 is 0 Å². The van der Waals surface area contributed by atoms with Gasteiger partial charge in [-0.25, -0.2) is 4.39 Å². The summed E-state index contributed by atoms with van der Waals surface area (Å²) < 4.78 is 14.3. The van der Waals surface area contributed by atoms with E-state index in [1.54, 1.807) is 17.8 Å². The second-order valence-corrected chi connectivity index (χ2v) is 6.27. The molecule has 1 unspecified atom stereocenters. The molecule has 2 N–H and O–H groups in total. The molecule has 100 valence electrons. The van der Waals surface area contributed by atoms with Crippen LogP contribution in [0.5, 0.6) is 0 Å². The van der Waals surface area contributed by atoms with Crippen LogP contribution in [-0.2, 0) is 0 Å². The number of nitrogens with two attached hydrogens (primary N) is 1. The van der Waals surface area contributed by atoms with E-state index in [9.17, 15) is 4.39 Å². The molecule has 0 saturated carbocycles. The maximum Gasteiger partial charge on any atom is 0.123 e. The first-order valence-electron chi connectivity index (χ1n) is 5.97. The van der Waals surface area contributed by atoms with Gasteiger partial charge in [0.25, 0.3) is 0 Å². The molecular weight excluding hydrogens is 325 g/mol. The standard InChI is InChI=1S/C15H15BrFNS/c1-10-6-7-11(17)8-12(10)14(18)9-19-15-5-3-2-4-13(15)16/h2-8,14H,9,18H2,1H3. The second kappa shape index (κ2) is 6.55. The van der Waals surface area contributed by atoms with Crippen LogP contribution in [0.15, 0.2) is 51.8 Å². The lowest BCUT2D eigenvalue weighted by molar-refractivity contribution is 0.621. The van der Waals surface area contributed by atoms with E-state index < -0.39 is 0 Å². The number of hydrogen-bond acceptors (Lipinski definition) is 2. The normalized spacial score (nSPS) is 12.4. The molecule has 0 aliphatic carbocycles. The first-order valence-corrected chi connectivity index (χ1v) is 7.75. The van der Waals surface area contributed by atoms with Gasteiger partial charge in [-0.3, -0.25) is 0 Å². The molecule has 1 atom stereocenters. The average Bonchev–Trinajstić information content (AvgIpc) is 2.40. The molecule has 0 bridgehead atoms. The van der Waals surface area contributed by atoms with Crippen molar-refractivity contribution in [2.24, 2.45) is 5.73 Å². The zero-order valence-electron chi connectivity index (χ0n) is 10.6. The molecule has 0 radical (unpaired) electrons. The van der Waals surface area contributed by atoms with Gasteiger partial charge in [-0.05, 0) is 58.2 Å². The maximum absolute atomic E-state index is 13.3. The number of rotatable bonds is 4. The van der Waals surface area contributed by atoms with E-state index in [4.69, 9.17) is 5.73 Å². The average molecular weight is 340 g/mol. The van der Waals surface area contributed by atoms with Crippen molar-refractivity contribution in [2.75, 3.05) is 5.75 Å². The molecule has 0 heterocycles. The number of halogens is 2. The fraction of sp³-hybridized carbons (Fsp3) is 0.200. The maximum atomic E-state index is 13.3. The van der Waals surface area contributed by atoms with Crippen molar-refractivity contribution >= 4 is 27.7 Å². The molecular formula is C15H15BrFNS. The first-order chi connectivity index (χ1) is 9.08. The monoisotopic (exact) mass is 339 g/mol. The zero-order chi connectivity index (χ0) is 13.8. The summed E-state index contributed by atoms with van der Waals surface area (Å²) in [7, 11) is 0. The molecule has 0 aliphatic rings. The van der Waals surface area contributed by atoms with Gasteiger partial charge in [0.05, 0.1) is 0 Å². The highest BCUT2D eigenvalue weighted by molar-refractivity contribution is 9.10. The van der Waals surface area contributed by atoms with Crippen molar-refractivity contribution < 1.29 is 4.39 Å². The van der Waals surface area contributed by atoms with Crippen molar-refractivity contribution in [1.82, 2.24) is 0 Å². The Hall–Kier alpha value is -0.840. The summed E-state index contributed by atoms with van der Waals surface area (Å²) in [6, 6.07) is 12.6. The first kappa shape index (κ1) is 14.6. The molecule has 0 fully saturated rings. The van der Waals surface area contributed by atoms with Crippen molar-refractivity contribution in [3.8, 4) is 0 Å². The van der Waals surface area contributed by atoms with Crippen molar-refractivity contribution in [3.63, 3.8) is 0 Å². The topological polar surface area (TPSA) is 26.0 Å². The predicted octanol–water partition coefficient (Wildman–Crippen LogP) is 4.69. The Bertz CT molecular complexity index is 574. The van der Waals surface area contributed by atoms with Crippen LogP contribution >= 0.6 is 27.7 Å². The van der Waals surface area contributed by atoms with Crippen LogP contribution in [0.25, 0.3) is 0 Å². The second-order valence-electron chi connectivity index (χ2n) is 4.35. The van der Waals surface area contributed by atoms with E-state index in [0.29, 0.717) is 5.75 Å². The summed E-state index contributed by atoms with van der Waals surface area (Å²) in [5, 5.41) is 0. The lowest BCUT2D eigenvalue weighted by Crippen LogP contribution is -2.14. The van der Waals surface area contributed by atoms with Gasteiger partial charge in [0.1, 0.15) is 5.82 Å². The van der Waals surface area contributed by atoms with Crippen molar-refractivity contribution in [2.45, 2.75) is 17.9 Å². The molecule has 19 heavy (non-hydrogen) atoms. The van der Waals surface area contributed by atoms with E-state index in [0.717, 1.165) is 20.5 Å². The summed E-state index contributed by atoms with van der Waals surface area (Å²) in [6.45, 7) is 1.96. The van der Waals surface area contributed by atoms with Gasteiger partial charge in [0.15, 0.2) is 0 Å². The Morgan fingerprint density at radius 1 is 1.26 bits per heavy atom. The van der Waals surface area contributed by atoms with Crippen molar-refractivity contribution in [1.29, 1.82) is 0 Å². The SMILES string of the molecule is Cc1ccc(F)cc1C(N)CSc1ccccc1Br.